The third-order valence-corrected chi connectivity index (χ3v) is 7.15. The maximum atomic E-state index is 13.6. The van der Waals surface area contributed by atoms with Gasteiger partial charge in [-0.25, -0.2) is 0 Å². The number of carbonyl (C=O) groups excluding carboxylic acids is 4. The first-order valence-corrected chi connectivity index (χ1v) is 12.8. The van der Waals surface area contributed by atoms with Crippen molar-refractivity contribution < 1.29 is 34.1 Å². The second-order valence-electron chi connectivity index (χ2n) is 10.0. The molecule has 0 spiro atoms. The number of aliphatic hydroxyl groups is 1. The number of pyridine rings is 1. The molecular weight excluding hydrogens is 506 g/mol. The van der Waals surface area contributed by atoms with Gasteiger partial charge in [0.2, 0.25) is 17.7 Å². The molecule has 39 heavy (non-hydrogen) atoms. The Hall–Kier alpha value is -4.03. The number of phenols is 1. The number of ether oxygens (including phenoxy) is 1. The van der Waals surface area contributed by atoms with Gasteiger partial charge >= 0.3 is 0 Å². The van der Waals surface area contributed by atoms with Crippen molar-refractivity contribution in [2.45, 2.75) is 50.5 Å². The lowest BCUT2D eigenvalue weighted by Gasteiger charge is -2.37. The van der Waals surface area contributed by atoms with Gasteiger partial charge in [-0.05, 0) is 37.1 Å². The van der Waals surface area contributed by atoms with Crippen LogP contribution in [0.15, 0.2) is 48.8 Å². The summed E-state index contributed by atoms with van der Waals surface area (Å²) in [7, 11) is 0. The molecule has 1 aromatic carbocycles. The minimum absolute atomic E-state index is 0.0488. The van der Waals surface area contributed by atoms with E-state index in [1.807, 2.05) is 0 Å². The van der Waals surface area contributed by atoms with Crippen molar-refractivity contribution >= 4 is 23.6 Å². The van der Waals surface area contributed by atoms with Gasteiger partial charge in [0.15, 0.2) is 0 Å². The first kappa shape index (κ1) is 28.0. The first-order valence-electron chi connectivity index (χ1n) is 12.8. The van der Waals surface area contributed by atoms with E-state index < -0.39 is 59.8 Å². The average molecular weight is 540 g/mol. The van der Waals surface area contributed by atoms with Gasteiger partial charge in [0.25, 0.3) is 5.91 Å². The Morgan fingerprint density at radius 1 is 1.03 bits per heavy atom. The van der Waals surface area contributed by atoms with Crippen LogP contribution in [0.4, 0.5) is 0 Å². The number of para-hydroxylation sites is 1. The Labute approximate surface area is 225 Å². The van der Waals surface area contributed by atoms with E-state index in [2.05, 4.69) is 26.3 Å². The number of hydrogen-bond acceptors (Lipinski definition) is 8. The van der Waals surface area contributed by atoms with Crippen molar-refractivity contribution in [3.8, 4) is 5.75 Å². The fraction of sp³-hybridized carbons (Fsp3) is 0.444. The van der Waals surface area contributed by atoms with Gasteiger partial charge in [0, 0.05) is 18.3 Å². The molecule has 0 bridgehead atoms. The number of phenolic OH excluding ortho intramolecular Hbond substituents is 1. The van der Waals surface area contributed by atoms with Crippen LogP contribution in [0.1, 0.15) is 29.8 Å². The molecule has 2 aliphatic rings. The standard InChI is InChI=1S/C27H33N5O7/c1-14-23(34)19(10-16-6-5-9-28-11-16)30-26(37)21(31-25(36)18-7-3-4-8-20(18)33)15(2)29-27(38)22(32-24(14)35)17-12-39-13-17/h3-9,11,14-15,17,19,21-23,33-34H,10,12-13H2,1-2H3,(H,29,38)(H,30,37)(H,31,36)(H,32,35)/t14-,15-,19+,21+,22?,23+/m1/s1. The fourth-order valence-corrected chi connectivity index (χ4v) is 4.63. The van der Waals surface area contributed by atoms with Crippen LogP contribution in [0.3, 0.4) is 0 Å². The Bertz CT molecular complexity index is 1210. The van der Waals surface area contributed by atoms with E-state index in [0.717, 1.165) is 0 Å². The van der Waals surface area contributed by atoms with Crippen molar-refractivity contribution in [3.05, 3.63) is 59.9 Å². The number of amides is 4. The van der Waals surface area contributed by atoms with Gasteiger partial charge in [-0.3, -0.25) is 24.2 Å². The molecule has 6 N–H and O–H groups in total. The molecule has 2 aromatic rings. The monoisotopic (exact) mass is 539 g/mol. The van der Waals surface area contributed by atoms with E-state index in [1.54, 1.807) is 43.6 Å². The minimum Gasteiger partial charge on any atom is -0.507 e. The maximum absolute atomic E-state index is 13.6. The van der Waals surface area contributed by atoms with Gasteiger partial charge in [-0.15, -0.1) is 0 Å². The molecule has 6 atom stereocenters. The highest BCUT2D eigenvalue weighted by molar-refractivity contribution is 6.00. The second-order valence-corrected chi connectivity index (χ2v) is 10.0. The zero-order chi connectivity index (χ0) is 28.1. The number of nitrogens with zero attached hydrogens (tertiary/aromatic N) is 1. The van der Waals surface area contributed by atoms with Crippen LogP contribution in [0.2, 0.25) is 0 Å². The zero-order valence-electron chi connectivity index (χ0n) is 21.7. The Kier molecular flexibility index (Phi) is 8.77. The molecule has 2 aliphatic heterocycles. The van der Waals surface area contributed by atoms with Gasteiger partial charge < -0.3 is 36.2 Å². The highest BCUT2D eigenvalue weighted by atomic mass is 16.5. The van der Waals surface area contributed by atoms with Crippen LogP contribution < -0.4 is 21.3 Å². The van der Waals surface area contributed by atoms with E-state index in [-0.39, 0.29) is 36.9 Å². The van der Waals surface area contributed by atoms with Crippen molar-refractivity contribution in [2.75, 3.05) is 13.2 Å². The van der Waals surface area contributed by atoms with Crippen LogP contribution in [0.25, 0.3) is 0 Å². The topological polar surface area (TPSA) is 179 Å². The predicted octanol–water partition coefficient (Wildman–Crippen LogP) is -0.740. The molecule has 2 saturated heterocycles. The van der Waals surface area contributed by atoms with Crippen LogP contribution >= 0.6 is 0 Å². The quantitative estimate of drug-likeness (QED) is 0.288. The van der Waals surface area contributed by atoms with E-state index in [1.165, 1.54) is 19.1 Å². The lowest BCUT2D eigenvalue weighted by molar-refractivity contribution is -0.141. The number of rotatable bonds is 5. The molecule has 4 rings (SSSR count). The molecule has 12 nitrogen and oxygen atoms in total. The van der Waals surface area contributed by atoms with E-state index in [9.17, 15) is 29.4 Å². The smallest absolute Gasteiger partial charge is 0.255 e. The Balaban J connectivity index is 1.67. The van der Waals surface area contributed by atoms with Crippen molar-refractivity contribution in [1.29, 1.82) is 0 Å². The largest absolute Gasteiger partial charge is 0.507 e. The zero-order valence-corrected chi connectivity index (χ0v) is 21.7. The van der Waals surface area contributed by atoms with Crippen LogP contribution in [0.5, 0.6) is 5.75 Å². The van der Waals surface area contributed by atoms with Crippen LogP contribution in [0, 0.1) is 11.8 Å². The number of aromatic nitrogens is 1. The van der Waals surface area contributed by atoms with Gasteiger partial charge in [-0.1, -0.05) is 25.1 Å². The number of aromatic hydroxyl groups is 1. The van der Waals surface area contributed by atoms with Gasteiger partial charge in [0.05, 0.1) is 42.9 Å². The highest BCUT2D eigenvalue weighted by Gasteiger charge is 2.41. The molecule has 208 valence electrons. The van der Waals surface area contributed by atoms with Gasteiger partial charge in [-0.2, -0.15) is 0 Å². The van der Waals surface area contributed by atoms with Crippen molar-refractivity contribution in [2.24, 2.45) is 11.8 Å². The van der Waals surface area contributed by atoms with E-state index in [4.69, 9.17) is 4.74 Å². The lowest BCUT2D eigenvalue weighted by atomic mass is 9.90. The molecule has 0 aliphatic carbocycles. The van der Waals surface area contributed by atoms with Crippen LogP contribution in [-0.2, 0) is 25.5 Å². The Morgan fingerprint density at radius 2 is 1.77 bits per heavy atom. The summed E-state index contributed by atoms with van der Waals surface area (Å²) in [6, 6.07) is 5.26. The second kappa shape index (κ2) is 12.2. The number of aliphatic hydroxyl groups excluding tert-OH is 1. The average Bonchev–Trinajstić information content (AvgIpc) is 2.89. The molecule has 1 aromatic heterocycles. The fourth-order valence-electron chi connectivity index (χ4n) is 4.63. The molecule has 12 heteroatoms. The van der Waals surface area contributed by atoms with Crippen molar-refractivity contribution in [1.82, 2.24) is 26.3 Å². The van der Waals surface area contributed by atoms with Crippen LogP contribution in [-0.4, -0.2) is 82.3 Å². The van der Waals surface area contributed by atoms with E-state index >= 15 is 0 Å². The molecular formula is C27H33N5O7. The molecule has 3 heterocycles. The first-order chi connectivity index (χ1) is 18.7. The third-order valence-electron chi connectivity index (χ3n) is 7.15. The molecule has 0 saturated carbocycles. The molecule has 1 unspecified atom stereocenters. The summed E-state index contributed by atoms with van der Waals surface area (Å²) in [5.74, 6) is -4.05. The molecule has 2 fully saturated rings. The molecule has 0 radical (unpaired) electrons. The SMILES string of the molecule is C[C@H]1NC(=O)C(C2COC2)NC(=O)[C@H](C)[C@H](O)[C@H](Cc2cccnc2)NC(=O)[C@H]1NC(=O)c1ccccc1O. The predicted molar refractivity (Wildman–Crippen MR) is 138 cm³/mol. The van der Waals surface area contributed by atoms with E-state index in [0.29, 0.717) is 5.56 Å². The number of carbonyl (C=O) groups is 4. The summed E-state index contributed by atoms with van der Waals surface area (Å²) in [6.45, 7) is 3.59. The normalized spacial score (nSPS) is 28.5. The summed E-state index contributed by atoms with van der Waals surface area (Å²) >= 11 is 0. The summed E-state index contributed by atoms with van der Waals surface area (Å²) in [4.78, 5) is 57.1. The summed E-state index contributed by atoms with van der Waals surface area (Å²) in [5, 5.41) is 32.2. The summed E-state index contributed by atoms with van der Waals surface area (Å²) in [6.07, 6.45) is 2.00. The van der Waals surface area contributed by atoms with Crippen molar-refractivity contribution in [3.63, 3.8) is 0 Å². The number of hydrogen-bond donors (Lipinski definition) is 6. The maximum Gasteiger partial charge on any atom is 0.255 e. The summed E-state index contributed by atoms with van der Waals surface area (Å²) in [5.41, 5.74) is 0.662. The third kappa shape index (κ3) is 6.52. The van der Waals surface area contributed by atoms with Gasteiger partial charge in [0.1, 0.15) is 17.8 Å². The Morgan fingerprint density at radius 3 is 2.41 bits per heavy atom. The number of benzene rings is 1. The highest BCUT2D eigenvalue weighted by Crippen LogP contribution is 2.20. The molecule has 4 amide bonds. The number of nitrogens with one attached hydrogen (secondary N) is 4. The summed E-state index contributed by atoms with van der Waals surface area (Å²) < 4.78 is 5.22. The minimum atomic E-state index is -1.33. The lowest BCUT2D eigenvalue weighted by Crippen LogP contribution is -2.65.